The van der Waals surface area contributed by atoms with E-state index >= 15 is 0 Å². The summed E-state index contributed by atoms with van der Waals surface area (Å²) in [4.78, 5) is 0. The highest BCUT2D eigenvalue weighted by atomic mass is 28.3. The van der Waals surface area contributed by atoms with Crippen LogP contribution in [0.3, 0.4) is 0 Å². The van der Waals surface area contributed by atoms with Gasteiger partial charge in [-0.2, -0.15) is 4.59 Å². The van der Waals surface area contributed by atoms with Gasteiger partial charge in [-0.05, 0) is 211 Å². The smallest absolute Gasteiger partial charge is 0.172 e. The zero-order valence-electron chi connectivity index (χ0n) is 86.3. The summed E-state index contributed by atoms with van der Waals surface area (Å²) in [6.45, 7) is 99.7. The molecule has 8 atom stereocenters. The highest BCUT2D eigenvalue weighted by Crippen LogP contribution is 2.34. The molecular formula is C91H204N11O10Si7+. The third kappa shape index (κ3) is 56.2. The van der Waals surface area contributed by atoms with Gasteiger partial charge >= 0.3 is 0 Å². The van der Waals surface area contributed by atoms with E-state index in [-0.39, 0.29) is 17.6 Å². The van der Waals surface area contributed by atoms with E-state index in [0.29, 0.717) is 92.1 Å². The third-order valence-corrected chi connectivity index (χ3v) is 43.3. The maximum Gasteiger partial charge on any atom is 0.172 e. The molecule has 0 radical (unpaired) electrons. The maximum absolute atomic E-state index is 11.0. The summed E-state index contributed by atoms with van der Waals surface area (Å²) in [5.74, 6) is 0. The molecule has 0 aliphatic heterocycles. The number of hydrogen-bond donors (Lipinski definition) is 16. The molecule has 0 fully saturated rings. The van der Waals surface area contributed by atoms with E-state index in [1.165, 1.54) is 12.2 Å². The van der Waals surface area contributed by atoms with E-state index in [1.807, 2.05) is 83.1 Å². The van der Waals surface area contributed by atoms with Crippen LogP contribution >= 0.6 is 0 Å². The molecule has 21 nitrogen and oxygen atoms in total. The molecule has 0 aromatic rings. The van der Waals surface area contributed by atoms with Gasteiger partial charge in [-0.3, -0.25) is 0 Å². The largest absolute Gasteiger partial charge is 0.391 e. The second kappa shape index (κ2) is 64.9. The summed E-state index contributed by atoms with van der Waals surface area (Å²) in [5.41, 5.74) is 2.25. The fourth-order valence-electron chi connectivity index (χ4n) is 12.2. The molecule has 119 heavy (non-hydrogen) atoms. The molecule has 0 amide bonds. The molecule has 28 heteroatoms. The first-order chi connectivity index (χ1) is 53.6. The van der Waals surface area contributed by atoms with Gasteiger partial charge in [0.2, 0.25) is 0 Å². The number of hydrogen-bond acceptors (Lipinski definition) is 20. The molecule has 0 aliphatic rings. The summed E-state index contributed by atoms with van der Waals surface area (Å²) < 4.78 is 14.6. The number of rotatable bonds is 43. The monoisotopic (exact) mass is 1810 g/mol. The van der Waals surface area contributed by atoms with Crippen molar-refractivity contribution in [2.45, 2.75) is 482 Å². The zero-order valence-corrected chi connectivity index (χ0v) is 93.3. The van der Waals surface area contributed by atoms with Crippen molar-refractivity contribution in [1.29, 1.82) is 32.5 Å². The molecule has 8 unspecified atom stereocenters. The highest BCUT2D eigenvalue weighted by molar-refractivity contribution is 6.86. The second-order valence-corrected chi connectivity index (χ2v) is 73.1. The molecule has 0 heterocycles. The van der Waals surface area contributed by atoms with Crippen molar-refractivity contribution >= 4 is 114 Å². The standard InChI is InChI=1S/C16H37N2OSi.C11H25NOSi.C10H25NOSi2.C9H21NOSi.C9H19NOSi.C8H19NOSi.C8H17NO.C7H15NO.C7H13NO.C6H13NO/c1-8-15(17-18(9-2,10-3)11-4)16(19)20(12-5,13-6)14-7;1-6-10(12)11(5,13)14(7-2,8-3)9-4;1-8-9(11-14(5,6)7)10(12)13(2,3)4;2*1-6-8(9(11)7-2)10-12(3,4)5;1-6-7(9)8(2,10)11(3,4)5;1-4-7(9)8(10,5-2)6-3;2*1-4-6(8)7(3,9)5-2;1-4-5(7)6(2,3)8/h16,19H,8-14H2,1-7H3;12-13H,6-9H2,1-5H3;10,12H,8H2,1-7H3;9,11H,6-7H2,1-5H3;7,9,11H,2,6H2,1,3-5H3;9-10H,6H2,1-5H3;9-10H,4-6H2,1-3H3;8-9H,4-5H2,1-3H3;5,8-9H,2,4H2,1,3H3;7-8H,4H2,1-3H3/q+1;;;;;;;;;. The van der Waals surface area contributed by atoms with Crippen molar-refractivity contribution in [1.82, 2.24) is 0 Å². The van der Waals surface area contributed by atoms with Crippen LogP contribution in [-0.4, -0.2) is 246 Å². The lowest BCUT2D eigenvalue weighted by Gasteiger charge is -2.42. The van der Waals surface area contributed by atoms with Crippen molar-refractivity contribution in [2.24, 2.45) is 19.1 Å². The first kappa shape index (κ1) is 137. The molecule has 0 saturated carbocycles. The number of nitrogens with zero attached hydrogens (tertiary/aromatic N) is 5. The van der Waals surface area contributed by atoms with Crippen LogP contribution in [0.15, 0.2) is 44.4 Å². The molecule has 16 N–H and O–H groups in total. The van der Waals surface area contributed by atoms with Gasteiger partial charge in [-0.1, -0.05) is 238 Å². The first-order valence-electron chi connectivity index (χ1n) is 45.6. The van der Waals surface area contributed by atoms with Gasteiger partial charge in [0.1, 0.15) is 36.9 Å². The number of quaternary nitrogens is 1. The minimum atomic E-state index is -1.70. The second-order valence-electron chi connectivity index (χ2n) is 37.6. The fourth-order valence-corrected chi connectivity index (χ4v) is 26.1. The lowest BCUT2D eigenvalue weighted by atomic mass is 9.90. The van der Waals surface area contributed by atoms with Crippen LogP contribution in [0.25, 0.3) is 0 Å². The van der Waals surface area contributed by atoms with Crippen LogP contribution in [0.2, 0.25) is 134 Å². The summed E-state index contributed by atoms with van der Waals surface area (Å²) in [7, 11) is -10.7. The van der Waals surface area contributed by atoms with Gasteiger partial charge < -0.3 is 97.5 Å². The minimum Gasteiger partial charge on any atom is -0.391 e. The summed E-state index contributed by atoms with van der Waals surface area (Å²) >= 11 is 0. The lowest BCUT2D eigenvalue weighted by Crippen LogP contribution is -2.60. The zero-order chi connectivity index (χ0) is 97.6. The van der Waals surface area contributed by atoms with Gasteiger partial charge in [0, 0.05) is 51.4 Å². The molecule has 0 aliphatic carbocycles. The Morgan fingerprint density at radius 1 is 0.370 bits per heavy atom. The fraction of sp³-hybridized carbons (Fsp3) is 0.846. The van der Waals surface area contributed by atoms with E-state index in [4.69, 9.17) is 47.3 Å². The molecule has 0 bridgehead atoms. The van der Waals surface area contributed by atoms with Crippen LogP contribution in [0.4, 0.5) is 0 Å². The average Bonchev–Trinajstić information content (AvgIpc) is 0.796. The van der Waals surface area contributed by atoms with Crippen molar-refractivity contribution in [2.75, 3.05) is 19.6 Å². The third-order valence-electron chi connectivity index (χ3n) is 23.1. The Morgan fingerprint density at radius 3 is 0.857 bits per heavy atom. The number of nitrogens with one attached hydrogen (secondary N) is 6. The van der Waals surface area contributed by atoms with Gasteiger partial charge in [-0.25, -0.2) is 0 Å². The van der Waals surface area contributed by atoms with Crippen LogP contribution in [-0.2, 0) is 0 Å². The molecule has 710 valence electrons. The van der Waals surface area contributed by atoms with Crippen LogP contribution in [0.1, 0.15) is 291 Å². The van der Waals surface area contributed by atoms with E-state index in [2.05, 4.69) is 204 Å². The number of aliphatic hydroxyl groups excluding tert-OH is 4. The average molecular weight is 1810 g/mol. The predicted molar refractivity (Wildman–Crippen MR) is 551 cm³/mol. The molecule has 0 aromatic heterocycles. The molecule has 0 aromatic carbocycles. The first-order valence-corrected chi connectivity index (χ1v) is 68.4. The summed E-state index contributed by atoms with van der Waals surface area (Å²) in [6.07, 6.45) is 12.0. The SMILES string of the molecule is C=CC(C)(O)C(=N)CC.C=CC(O)C(CC)=N[Si](C)(C)C.CCC(=N)C(C)(C)O.CCC(=N)C(C)(O)CC.CCC(=N)C(C)(O)[Si](C)(C)C.CCC(=N)C(C)(O)[Si](CC)(CC)CC.CCC(=N)C(O)(CC)CC.CCC(=N[N+](CC)(CC)CC)C(O)[Si](CC)(CC)CC.CCC(=N[Si](C)(C)C)C(O)CC.CCC(=N[Si](C)(C)C)C(O)[Si](C)(C)C. The van der Waals surface area contributed by atoms with Crippen molar-refractivity contribution in [3.63, 3.8) is 0 Å². The van der Waals surface area contributed by atoms with Crippen molar-refractivity contribution in [3.05, 3.63) is 25.3 Å². The Kier molecular flexibility index (Phi) is 74.6. The Balaban J connectivity index is -0.000000140. The molecule has 0 saturated heterocycles. The van der Waals surface area contributed by atoms with Gasteiger partial charge in [0.05, 0.1) is 77.2 Å². The van der Waals surface area contributed by atoms with Crippen LogP contribution in [0, 0.1) is 32.5 Å². The highest BCUT2D eigenvalue weighted by Gasteiger charge is 2.48. The molecular weight excluding hydrogens is 1600 g/mol. The number of aliphatic hydroxyl groups is 10. The quantitative estimate of drug-likeness (QED) is 0.00899. The summed E-state index contributed by atoms with van der Waals surface area (Å²) in [5, 5.41) is 146. The van der Waals surface area contributed by atoms with E-state index in [0.717, 1.165) is 115 Å². The van der Waals surface area contributed by atoms with E-state index in [1.54, 1.807) is 34.6 Å². The van der Waals surface area contributed by atoms with Gasteiger partial charge in [0.25, 0.3) is 0 Å². The van der Waals surface area contributed by atoms with Crippen molar-refractivity contribution < 1.29 is 55.7 Å². The Morgan fingerprint density at radius 2 is 0.681 bits per heavy atom. The van der Waals surface area contributed by atoms with E-state index < -0.39 is 96.0 Å². The topological polar surface area (TPSA) is 395 Å². The Hall–Kier alpha value is -2.74. The van der Waals surface area contributed by atoms with Crippen LogP contribution < -0.4 is 0 Å². The Bertz CT molecular complexity index is 2890. The van der Waals surface area contributed by atoms with Gasteiger partial charge in [0.15, 0.2) is 24.7 Å². The maximum atomic E-state index is 11.0. The van der Waals surface area contributed by atoms with Crippen LogP contribution in [0.5, 0.6) is 0 Å². The lowest BCUT2D eigenvalue weighted by molar-refractivity contribution is -0.930. The molecule has 0 rings (SSSR count). The van der Waals surface area contributed by atoms with Crippen molar-refractivity contribution in [3.8, 4) is 0 Å². The molecule has 0 spiro atoms. The predicted octanol–water partition coefficient (Wildman–Crippen LogP) is 23.0. The normalized spacial score (nSPS) is 15.7. The minimum absolute atomic E-state index is 0.265. The Labute approximate surface area is 743 Å². The summed E-state index contributed by atoms with van der Waals surface area (Å²) in [6, 6.07) is 6.62. The van der Waals surface area contributed by atoms with Gasteiger partial charge in [-0.15, -0.1) is 6.58 Å². The van der Waals surface area contributed by atoms with E-state index in [9.17, 15) is 46.0 Å².